The van der Waals surface area contributed by atoms with Gasteiger partial charge in [0.1, 0.15) is 5.60 Å². The third kappa shape index (κ3) is 2.37. The van der Waals surface area contributed by atoms with Gasteiger partial charge >= 0.3 is 0 Å². The molecule has 1 heterocycles. The van der Waals surface area contributed by atoms with Gasteiger partial charge in [-0.2, -0.15) is 0 Å². The second-order valence-electron chi connectivity index (χ2n) is 4.30. The lowest BCUT2D eigenvalue weighted by Crippen LogP contribution is -2.32. The Morgan fingerprint density at radius 1 is 1.53 bits per heavy atom. The van der Waals surface area contributed by atoms with Crippen LogP contribution in [0.1, 0.15) is 46.2 Å². The number of rotatable bonds is 5. The van der Waals surface area contributed by atoms with E-state index in [1.165, 1.54) is 0 Å². The number of nitrogens with zero attached hydrogens (tertiary/aromatic N) is 3. The van der Waals surface area contributed by atoms with Gasteiger partial charge in [-0.15, -0.1) is 5.10 Å². The second kappa shape index (κ2) is 4.75. The minimum absolute atomic E-state index is 0.201. The summed E-state index contributed by atoms with van der Waals surface area (Å²) in [5, 5.41) is 18.3. The van der Waals surface area contributed by atoms with Crippen molar-refractivity contribution in [2.45, 2.75) is 52.7 Å². The first-order valence-electron chi connectivity index (χ1n) is 5.65. The molecule has 1 aromatic heterocycles. The molecule has 1 rings (SSSR count). The van der Waals surface area contributed by atoms with Crippen LogP contribution in [-0.2, 0) is 12.1 Å². The van der Waals surface area contributed by atoms with Gasteiger partial charge < -0.3 is 5.11 Å². The Bertz CT molecular complexity index is 307. The fourth-order valence-corrected chi connectivity index (χ4v) is 1.68. The molecule has 2 unspecified atom stereocenters. The van der Waals surface area contributed by atoms with Crippen molar-refractivity contribution in [2.75, 3.05) is 0 Å². The average Bonchev–Trinajstić information content (AvgIpc) is 2.66. The fourth-order valence-electron chi connectivity index (χ4n) is 1.68. The first-order valence-corrected chi connectivity index (χ1v) is 5.65. The highest BCUT2D eigenvalue weighted by Crippen LogP contribution is 2.30. The van der Waals surface area contributed by atoms with E-state index in [0.717, 1.165) is 25.1 Å². The van der Waals surface area contributed by atoms with Crippen LogP contribution in [0.25, 0.3) is 0 Å². The SMILES string of the molecule is CCCn1nncc1C(C)(O)C(C)CC. The van der Waals surface area contributed by atoms with Crippen molar-refractivity contribution in [3.63, 3.8) is 0 Å². The standard InChI is InChI=1S/C11H21N3O/c1-5-7-14-10(8-12-13-14)11(4,15)9(3)6-2/h8-9,15H,5-7H2,1-4H3. The summed E-state index contributed by atoms with van der Waals surface area (Å²) in [6.45, 7) is 8.85. The zero-order valence-electron chi connectivity index (χ0n) is 10.1. The number of aryl methyl sites for hydroxylation is 1. The Hall–Kier alpha value is -0.900. The van der Waals surface area contributed by atoms with Gasteiger partial charge in [-0.05, 0) is 19.3 Å². The lowest BCUT2D eigenvalue weighted by Gasteiger charge is -2.29. The van der Waals surface area contributed by atoms with Crippen molar-refractivity contribution in [2.24, 2.45) is 5.92 Å². The van der Waals surface area contributed by atoms with E-state index in [1.54, 1.807) is 10.9 Å². The van der Waals surface area contributed by atoms with E-state index in [4.69, 9.17) is 0 Å². The van der Waals surface area contributed by atoms with Crippen LogP contribution in [0.2, 0.25) is 0 Å². The van der Waals surface area contributed by atoms with Gasteiger partial charge in [0, 0.05) is 6.54 Å². The Kier molecular flexibility index (Phi) is 3.85. The molecule has 4 heteroatoms. The van der Waals surface area contributed by atoms with Crippen LogP contribution in [0.5, 0.6) is 0 Å². The second-order valence-corrected chi connectivity index (χ2v) is 4.30. The quantitative estimate of drug-likeness (QED) is 0.809. The summed E-state index contributed by atoms with van der Waals surface area (Å²) in [5.74, 6) is 0.201. The number of hydrogen-bond acceptors (Lipinski definition) is 3. The Labute approximate surface area is 91.3 Å². The maximum absolute atomic E-state index is 10.4. The van der Waals surface area contributed by atoms with Gasteiger partial charge in [0.2, 0.25) is 0 Å². The zero-order chi connectivity index (χ0) is 11.5. The van der Waals surface area contributed by atoms with Crippen molar-refractivity contribution in [3.8, 4) is 0 Å². The van der Waals surface area contributed by atoms with Gasteiger partial charge in [-0.1, -0.05) is 32.4 Å². The summed E-state index contributed by atoms with van der Waals surface area (Å²) < 4.78 is 1.80. The van der Waals surface area contributed by atoms with E-state index < -0.39 is 5.60 Å². The lowest BCUT2D eigenvalue weighted by atomic mass is 9.86. The molecule has 0 spiro atoms. The Morgan fingerprint density at radius 2 is 2.20 bits per heavy atom. The number of hydrogen-bond donors (Lipinski definition) is 1. The molecule has 0 aliphatic rings. The molecule has 1 N–H and O–H groups in total. The largest absolute Gasteiger partial charge is 0.384 e. The molecule has 2 atom stereocenters. The Balaban J connectivity index is 2.97. The van der Waals surface area contributed by atoms with E-state index in [-0.39, 0.29) is 5.92 Å². The normalized spacial score (nSPS) is 17.4. The van der Waals surface area contributed by atoms with Gasteiger partial charge in [-0.25, -0.2) is 4.68 Å². The summed E-state index contributed by atoms with van der Waals surface area (Å²) in [6, 6.07) is 0. The third-order valence-corrected chi connectivity index (χ3v) is 3.14. The summed E-state index contributed by atoms with van der Waals surface area (Å²) in [6.07, 6.45) is 3.60. The van der Waals surface area contributed by atoms with Gasteiger partial charge in [-0.3, -0.25) is 0 Å². The van der Waals surface area contributed by atoms with Crippen LogP contribution in [0, 0.1) is 5.92 Å². The first-order chi connectivity index (χ1) is 7.04. The molecule has 86 valence electrons. The molecule has 0 fully saturated rings. The van der Waals surface area contributed by atoms with Crippen molar-refractivity contribution >= 4 is 0 Å². The van der Waals surface area contributed by atoms with Gasteiger partial charge in [0.15, 0.2) is 0 Å². The highest BCUT2D eigenvalue weighted by molar-refractivity contribution is 5.08. The maximum atomic E-state index is 10.4. The maximum Gasteiger partial charge on any atom is 0.108 e. The highest BCUT2D eigenvalue weighted by Gasteiger charge is 2.32. The van der Waals surface area contributed by atoms with Crippen LogP contribution in [-0.4, -0.2) is 20.1 Å². The molecule has 0 saturated carbocycles. The molecule has 0 aromatic carbocycles. The van der Waals surface area contributed by atoms with E-state index >= 15 is 0 Å². The van der Waals surface area contributed by atoms with E-state index in [0.29, 0.717) is 0 Å². The molecule has 1 aromatic rings. The van der Waals surface area contributed by atoms with Crippen LogP contribution in [0.4, 0.5) is 0 Å². The van der Waals surface area contributed by atoms with Gasteiger partial charge in [0.25, 0.3) is 0 Å². The number of aromatic nitrogens is 3. The Morgan fingerprint density at radius 3 is 2.73 bits per heavy atom. The summed E-state index contributed by atoms with van der Waals surface area (Å²) in [5.41, 5.74) is -0.0216. The topological polar surface area (TPSA) is 50.9 Å². The van der Waals surface area contributed by atoms with E-state index in [9.17, 15) is 5.11 Å². The molecule has 0 aliphatic carbocycles. The van der Waals surface area contributed by atoms with Crippen molar-refractivity contribution in [3.05, 3.63) is 11.9 Å². The smallest absolute Gasteiger partial charge is 0.108 e. The molecule has 0 saturated heterocycles. The average molecular weight is 211 g/mol. The molecular weight excluding hydrogens is 190 g/mol. The van der Waals surface area contributed by atoms with Crippen LogP contribution in [0.15, 0.2) is 6.20 Å². The summed E-state index contributed by atoms with van der Waals surface area (Å²) in [4.78, 5) is 0. The minimum atomic E-state index is -0.840. The number of aliphatic hydroxyl groups is 1. The van der Waals surface area contributed by atoms with Crippen LogP contribution in [0.3, 0.4) is 0 Å². The molecule has 0 radical (unpaired) electrons. The van der Waals surface area contributed by atoms with Crippen LogP contribution < -0.4 is 0 Å². The molecule has 15 heavy (non-hydrogen) atoms. The van der Waals surface area contributed by atoms with E-state index in [1.807, 2.05) is 13.8 Å². The first kappa shape index (κ1) is 12.2. The molecule has 0 aliphatic heterocycles. The predicted molar refractivity (Wildman–Crippen MR) is 59.3 cm³/mol. The predicted octanol–water partition coefficient (Wildman–Crippen LogP) is 1.94. The van der Waals surface area contributed by atoms with Crippen LogP contribution >= 0.6 is 0 Å². The van der Waals surface area contributed by atoms with Crippen molar-refractivity contribution in [1.29, 1.82) is 0 Å². The van der Waals surface area contributed by atoms with Crippen molar-refractivity contribution < 1.29 is 5.11 Å². The molecule has 4 nitrogen and oxygen atoms in total. The third-order valence-electron chi connectivity index (χ3n) is 3.14. The lowest BCUT2D eigenvalue weighted by molar-refractivity contribution is -0.00831. The fraction of sp³-hybridized carbons (Fsp3) is 0.818. The molecule has 0 bridgehead atoms. The zero-order valence-corrected chi connectivity index (χ0v) is 10.1. The van der Waals surface area contributed by atoms with Crippen molar-refractivity contribution in [1.82, 2.24) is 15.0 Å². The summed E-state index contributed by atoms with van der Waals surface area (Å²) >= 11 is 0. The highest BCUT2D eigenvalue weighted by atomic mass is 16.3. The monoisotopic (exact) mass is 211 g/mol. The molecule has 0 amide bonds. The summed E-state index contributed by atoms with van der Waals surface area (Å²) in [7, 11) is 0. The van der Waals surface area contributed by atoms with E-state index in [2.05, 4.69) is 24.2 Å². The molecular formula is C11H21N3O. The minimum Gasteiger partial charge on any atom is -0.384 e. The van der Waals surface area contributed by atoms with Gasteiger partial charge in [0.05, 0.1) is 11.9 Å².